The average Bonchev–Trinajstić information content (AvgIpc) is 2.29. The Hall–Kier alpha value is -1.53. The Bertz CT molecular complexity index is 626. The molecule has 0 aliphatic rings. The number of rotatable bonds is 2. The van der Waals surface area contributed by atoms with Gasteiger partial charge in [-0.15, -0.1) is 0 Å². The van der Waals surface area contributed by atoms with Crippen LogP contribution in [0, 0.1) is 23.4 Å². The van der Waals surface area contributed by atoms with Crippen LogP contribution in [0.4, 0.5) is 29.1 Å². The van der Waals surface area contributed by atoms with E-state index in [-0.39, 0.29) is 15.7 Å². The molecular weight excluding hydrogens is 307 g/mol. The van der Waals surface area contributed by atoms with Crippen LogP contribution in [-0.4, -0.2) is 4.98 Å². The molecular formula is C11H4Cl2F4N2. The van der Waals surface area contributed by atoms with Crippen molar-refractivity contribution in [1.29, 1.82) is 0 Å². The molecule has 8 heteroatoms. The molecule has 2 rings (SSSR count). The zero-order valence-electron chi connectivity index (χ0n) is 8.95. The van der Waals surface area contributed by atoms with Gasteiger partial charge in [-0.3, -0.25) is 0 Å². The first-order chi connectivity index (χ1) is 8.88. The highest BCUT2D eigenvalue weighted by Gasteiger charge is 2.15. The molecule has 0 atom stereocenters. The van der Waals surface area contributed by atoms with Crippen LogP contribution < -0.4 is 5.32 Å². The van der Waals surface area contributed by atoms with Crippen LogP contribution in [-0.2, 0) is 0 Å². The van der Waals surface area contributed by atoms with Gasteiger partial charge in [0.15, 0.2) is 17.5 Å². The molecule has 0 fully saturated rings. The van der Waals surface area contributed by atoms with Crippen molar-refractivity contribution in [1.82, 2.24) is 4.98 Å². The minimum atomic E-state index is -1.49. The van der Waals surface area contributed by atoms with Gasteiger partial charge in [0.2, 0.25) is 0 Å². The Morgan fingerprint density at radius 1 is 0.895 bits per heavy atom. The van der Waals surface area contributed by atoms with Gasteiger partial charge >= 0.3 is 0 Å². The molecule has 1 aromatic heterocycles. The number of aromatic nitrogens is 1. The molecule has 100 valence electrons. The van der Waals surface area contributed by atoms with Crippen molar-refractivity contribution >= 4 is 34.7 Å². The number of nitrogens with one attached hydrogen (secondary N) is 1. The van der Waals surface area contributed by atoms with Crippen molar-refractivity contribution in [3.05, 3.63) is 51.6 Å². The second-order valence-corrected chi connectivity index (χ2v) is 4.28. The molecule has 1 aromatic carbocycles. The molecule has 0 saturated carbocycles. The van der Waals surface area contributed by atoms with Crippen LogP contribution in [0.1, 0.15) is 0 Å². The number of hydrogen-bond acceptors (Lipinski definition) is 2. The number of hydrogen-bond donors (Lipinski definition) is 1. The lowest BCUT2D eigenvalue weighted by atomic mass is 10.3. The quantitative estimate of drug-likeness (QED) is 0.643. The second-order valence-electron chi connectivity index (χ2n) is 3.46. The lowest BCUT2D eigenvalue weighted by Gasteiger charge is -2.10. The van der Waals surface area contributed by atoms with E-state index in [9.17, 15) is 17.6 Å². The van der Waals surface area contributed by atoms with Crippen LogP contribution in [0.3, 0.4) is 0 Å². The third-order valence-electron chi connectivity index (χ3n) is 2.14. The summed E-state index contributed by atoms with van der Waals surface area (Å²) in [5, 5.41) is 1.97. The summed E-state index contributed by atoms with van der Waals surface area (Å²) in [4.78, 5) is 3.03. The van der Waals surface area contributed by atoms with Crippen molar-refractivity contribution in [3.63, 3.8) is 0 Å². The number of nitrogens with zero attached hydrogens (tertiary/aromatic N) is 1. The van der Waals surface area contributed by atoms with Crippen molar-refractivity contribution < 1.29 is 17.6 Å². The van der Waals surface area contributed by atoms with Gasteiger partial charge in [-0.2, -0.15) is 9.37 Å². The summed E-state index contributed by atoms with van der Waals surface area (Å²) in [6.45, 7) is 0. The van der Waals surface area contributed by atoms with E-state index >= 15 is 0 Å². The van der Waals surface area contributed by atoms with Gasteiger partial charge in [0.1, 0.15) is 5.82 Å². The van der Waals surface area contributed by atoms with Crippen LogP contribution in [0.15, 0.2) is 18.2 Å². The lowest BCUT2D eigenvalue weighted by Crippen LogP contribution is -2.02. The Morgan fingerprint density at radius 3 is 2.05 bits per heavy atom. The largest absolute Gasteiger partial charge is 0.335 e. The summed E-state index contributed by atoms with van der Waals surface area (Å²) in [5.74, 6) is -5.37. The third-order valence-corrected chi connectivity index (χ3v) is 2.73. The van der Waals surface area contributed by atoms with E-state index in [2.05, 4.69) is 10.3 Å². The van der Waals surface area contributed by atoms with Crippen LogP contribution in [0.2, 0.25) is 10.0 Å². The molecule has 0 spiro atoms. The fourth-order valence-corrected chi connectivity index (χ4v) is 1.87. The van der Waals surface area contributed by atoms with E-state index in [4.69, 9.17) is 23.2 Å². The van der Waals surface area contributed by atoms with Gasteiger partial charge < -0.3 is 5.32 Å². The highest BCUT2D eigenvalue weighted by molar-refractivity contribution is 6.39. The van der Waals surface area contributed by atoms with Crippen molar-refractivity contribution in [2.24, 2.45) is 0 Å². The van der Waals surface area contributed by atoms with E-state index in [1.807, 2.05) is 0 Å². The van der Waals surface area contributed by atoms with E-state index in [0.29, 0.717) is 6.07 Å². The normalized spacial score (nSPS) is 10.6. The smallest absolute Gasteiger partial charge is 0.251 e. The summed E-state index contributed by atoms with van der Waals surface area (Å²) < 4.78 is 51.9. The van der Waals surface area contributed by atoms with E-state index < -0.39 is 29.2 Å². The number of halogens is 6. The molecule has 0 bridgehead atoms. The van der Waals surface area contributed by atoms with Crippen LogP contribution in [0.25, 0.3) is 0 Å². The molecule has 1 N–H and O–H groups in total. The van der Waals surface area contributed by atoms with Gasteiger partial charge in [0, 0.05) is 6.07 Å². The summed E-state index contributed by atoms with van der Waals surface area (Å²) >= 11 is 11.4. The van der Waals surface area contributed by atoms with Crippen molar-refractivity contribution in [3.8, 4) is 0 Å². The van der Waals surface area contributed by atoms with Crippen LogP contribution >= 0.6 is 23.2 Å². The Morgan fingerprint density at radius 2 is 1.47 bits per heavy atom. The molecule has 2 nitrogen and oxygen atoms in total. The van der Waals surface area contributed by atoms with Gasteiger partial charge in [-0.1, -0.05) is 23.2 Å². The van der Waals surface area contributed by atoms with E-state index in [1.54, 1.807) is 0 Å². The molecule has 0 amide bonds. The van der Waals surface area contributed by atoms with Gasteiger partial charge in [0.05, 0.1) is 15.7 Å². The van der Waals surface area contributed by atoms with Crippen molar-refractivity contribution in [2.75, 3.05) is 5.32 Å². The number of anilines is 2. The Balaban J connectivity index is 2.45. The summed E-state index contributed by atoms with van der Waals surface area (Å²) in [6, 6.07) is 2.16. The fourth-order valence-electron chi connectivity index (χ4n) is 1.31. The Labute approximate surface area is 115 Å². The molecule has 0 saturated heterocycles. The number of pyridine rings is 1. The first-order valence-corrected chi connectivity index (χ1v) is 5.57. The first kappa shape index (κ1) is 13.9. The van der Waals surface area contributed by atoms with Gasteiger partial charge in [-0.25, -0.2) is 13.2 Å². The summed E-state index contributed by atoms with van der Waals surface area (Å²) in [6.07, 6.45) is 0. The van der Waals surface area contributed by atoms with Gasteiger partial charge in [-0.05, 0) is 12.1 Å². The van der Waals surface area contributed by atoms with E-state index in [1.165, 1.54) is 0 Å². The fraction of sp³-hybridized carbons (Fsp3) is 0. The first-order valence-electron chi connectivity index (χ1n) is 4.81. The molecule has 0 aliphatic heterocycles. The standard InChI is InChI=1S/C11H4Cl2F4N2/c12-5-1-4(14)2-6(13)9(5)18-11-8(16)3-7(15)10(17)19-11/h1-3H,(H,18,19). The zero-order chi connectivity index (χ0) is 14.2. The molecule has 1 heterocycles. The van der Waals surface area contributed by atoms with Crippen LogP contribution in [0.5, 0.6) is 0 Å². The predicted octanol–water partition coefficient (Wildman–Crippen LogP) is 4.69. The Kier molecular flexibility index (Phi) is 3.82. The maximum atomic E-state index is 13.4. The maximum Gasteiger partial charge on any atom is 0.251 e. The lowest BCUT2D eigenvalue weighted by molar-refractivity contribution is 0.467. The topological polar surface area (TPSA) is 24.9 Å². The minimum Gasteiger partial charge on any atom is -0.335 e. The third kappa shape index (κ3) is 2.90. The van der Waals surface area contributed by atoms with E-state index in [0.717, 1.165) is 12.1 Å². The molecule has 0 aliphatic carbocycles. The summed E-state index contributed by atoms with van der Waals surface area (Å²) in [5.41, 5.74) is -0.0675. The SMILES string of the molecule is Fc1cc(Cl)c(Nc2nc(F)c(F)cc2F)c(Cl)c1. The highest BCUT2D eigenvalue weighted by Crippen LogP contribution is 2.34. The number of benzene rings is 1. The molecule has 0 unspecified atom stereocenters. The van der Waals surface area contributed by atoms with Gasteiger partial charge in [0.25, 0.3) is 5.95 Å². The molecule has 0 radical (unpaired) electrons. The average molecular weight is 311 g/mol. The zero-order valence-corrected chi connectivity index (χ0v) is 10.5. The monoisotopic (exact) mass is 310 g/mol. The predicted molar refractivity (Wildman–Crippen MR) is 63.8 cm³/mol. The summed E-state index contributed by atoms with van der Waals surface area (Å²) in [7, 11) is 0. The second kappa shape index (κ2) is 5.22. The van der Waals surface area contributed by atoms with Crippen molar-refractivity contribution in [2.45, 2.75) is 0 Å². The minimum absolute atomic E-state index is 0.0675. The highest BCUT2D eigenvalue weighted by atomic mass is 35.5. The molecule has 2 aromatic rings. The maximum absolute atomic E-state index is 13.4. The molecule has 19 heavy (non-hydrogen) atoms.